The Morgan fingerprint density at radius 3 is 2.86 bits per heavy atom. The molecule has 3 heterocycles. The topological polar surface area (TPSA) is 32.8 Å². The first-order valence-corrected chi connectivity index (χ1v) is 8.88. The Balaban J connectivity index is 1.37. The van der Waals surface area contributed by atoms with Crippen LogP contribution in [-0.2, 0) is 16.0 Å². The van der Waals surface area contributed by atoms with Crippen molar-refractivity contribution in [1.82, 2.24) is 9.80 Å². The van der Waals surface area contributed by atoms with Gasteiger partial charge in [0.2, 0.25) is 5.91 Å². The lowest BCUT2D eigenvalue weighted by molar-refractivity contribution is -0.133. The van der Waals surface area contributed by atoms with Crippen LogP contribution in [0.15, 0.2) is 16.8 Å². The summed E-state index contributed by atoms with van der Waals surface area (Å²) in [4.78, 5) is 16.7. The van der Waals surface area contributed by atoms with E-state index >= 15 is 0 Å². The van der Waals surface area contributed by atoms with E-state index in [4.69, 9.17) is 4.74 Å². The van der Waals surface area contributed by atoms with E-state index in [-0.39, 0.29) is 0 Å². The molecule has 0 N–H and O–H groups in total. The number of hydrogen-bond donors (Lipinski definition) is 0. The zero-order chi connectivity index (χ0) is 14.5. The fourth-order valence-corrected chi connectivity index (χ4v) is 3.80. The molecule has 1 atom stereocenters. The van der Waals surface area contributed by atoms with Gasteiger partial charge in [0.25, 0.3) is 0 Å². The zero-order valence-corrected chi connectivity index (χ0v) is 13.3. The van der Waals surface area contributed by atoms with Crippen molar-refractivity contribution < 1.29 is 9.53 Å². The second-order valence-corrected chi connectivity index (χ2v) is 6.73. The number of nitrogens with zero attached hydrogens (tertiary/aromatic N) is 2. The van der Waals surface area contributed by atoms with Gasteiger partial charge in [-0.25, -0.2) is 0 Å². The number of thiophene rings is 1. The lowest BCUT2D eigenvalue weighted by Gasteiger charge is -2.35. The van der Waals surface area contributed by atoms with Crippen LogP contribution in [0, 0.1) is 0 Å². The van der Waals surface area contributed by atoms with Crippen LogP contribution in [0.25, 0.3) is 0 Å². The summed E-state index contributed by atoms with van der Waals surface area (Å²) >= 11 is 1.70. The van der Waals surface area contributed by atoms with Gasteiger partial charge in [-0.2, -0.15) is 11.3 Å². The van der Waals surface area contributed by atoms with Crippen LogP contribution in [-0.4, -0.2) is 61.1 Å². The summed E-state index contributed by atoms with van der Waals surface area (Å²) in [6, 6.07) is 2.11. The predicted molar refractivity (Wildman–Crippen MR) is 84.6 cm³/mol. The van der Waals surface area contributed by atoms with Gasteiger partial charge >= 0.3 is 0 Å². The van der Waals surface area contributed by atoms with Crippen LogP contribution >= 0.6 is 11.3 Å². The summed E-state index contributed by atoms with van der Waals surface area (Å²) < 4.78 is 5.69. The number of carbonyl (C=O) groups is 1. The van der Waals surface area contributed by atoms with Gasteiger partial charge in [-0.3, -0.25) is 9.69 Å². The van der Waals surface area contributed by atoms with E-state index in [9.17, 15) is 4.79 Å². The monoisotopic (exact) mass is 308 g/mol. The Hall–Kier alpha value is -0.910. The Bertz CT molecular complexity index is 435. The molecule has 2 fully saturated rings. The van der Waals surface area contributed by atoms with Crippen molar-refractivity contribution >= 4 is 17.2 Å². The molecule has 3 rings (SSSR count). The number of ether oxygens (including phenoxy) is 1. The highest BCUT2D eigenvalue weighted by Gasteiger charge is 2.24. The van der Waals surface area contributed by atoms with Crippen LogP contribution in [0.2, 0.25) is 0 Å². The molecule has 0 spiro atoms. The molecule has 1 aromatic heterocycles. The van der Waals surface area contributed by atoms with Gasteiger partial charge in [0, 0.05) is 45.8 Å². The minimum atomic E-state index is 0.304. The molecule has 2 aliphatic rings. The summed E-state index contributed by atoms with van der Waals surface area (Å²) in [5.41, 5.74) is 1.28. The van der Waals surface area contributed by atoms with E-state index in [1.807, 2.05) is 4.90 Å². The van der Waals surface area contributed by atoms with Crippen LogP contribution in [0.5, 0.6) is 0 Å². The van der Waals surface area contributed by atoms with E-state index in [1.54, 1.807) is 11.3 Å². The number of amides is 1. The summed E-state index contributed by atoms with van der Waals surface area (Å²) in [5, 5.41) is 4.20. The molecular weight excluding hydrogens is 284 g/mol. The number of piperazine rings is 1. The molecule has 0 bridgehead atoms. The molecule has 21 heavy (non-hydrogen) atoms. The van der Waals surface area contributed by atoms with E-state index in [2.05, 4.69) is 21.7 Å². The van der Waals surface area contributed by atoms with Gasteiger partial charge in [-0.15, -0.1) is 0 Å². The average Bonchev–Trinajstić information content (AvgIpc) is 3.19. The largest absolute Gasteiger partial charge is 0.377 e. The van der Waals surface area contributed by atoms with E-state index < -0.39 is 0 Å². The summed E-state index contributed by atoms with van der Waals surface area (Å²) in [5.74, 6) is 0.304. The first kappa shape index (κ1) is 15.0. The molecule has 2 aliphatic heterocycles. The van der Waals surface area contributed by atoms with Crippen molar-refractivity contribution in [2.75, 3.05) is 39.3 Å². The lowest BCUT2D eigenvalue weighted by Crippen LogP contribution is -2.50. The number of carbonyl (C=O) groups excluding carboxylic acids is 1. The SMILES string of the molecule is O=C(CCc1ccsc1)N1CCN(CC2CCCO2)CC1. The number of hydrogen-bond acceptors (Lipinski definition) is 4. The molecular formula is C16H24N2O2S. The molecule has 0 radical (unpaired) electrons. The van der Waals surface area contributed by atoms with Crippen LogP contribution < -0.4 is 0 Å². The minimum Gasteiger partial charge on any atom is -0.377 e. The molecule has 1 aromatic rings. The lowest BCUT2D eigenvalue weighted by atomic mass is 10.1. The summed E-state index contributed by atoms with van der Waals surface area (Å²) in [6.07, 6.45) is 4.33. The maximum absolute atomic E-state index is 12.2. The van der Waals surface area contributed by atoms with Crippen molar-refractivity contribution in [3.63, 3.8) is 0 Å². The minimum absolute atomic E-state index is 0.304. The standard InChI is InChI=1S/C16H24N2O2S/c19-16(4-3-14-5-11-21-13-14)18-8-6-17(7-9-18)12-15-2-1-10-20-15/h5,11,13,15H,1-4,6-10,12H2. The zero-order valence-electron chi connectivity index (χ0n) is 12.5. The summed E-state index contributed by atoms with van der Waals surface area (Å²) in [7, 11) is 0. The highest BCUT2D eigenvalue weighted by molar-refractivity contribution is 7.07. The Labute approximate surface area is 130 Å². The molecule has 1 unspecified atom stereocenters. The van der Waals surface area contributed by atoms with Crippen molar-refractivity contribution in [2.24, 2.45) is 0 Å². The number of rotatable bonds is 5. The molecule has 4 nitrogen and oxygen atoms in total. The molecule has 0 aromatic carbocycles. The summed E-state index contributed by atoms with van der Waals surface area (Å²) in [6.45, 7) is 5.68. The van der Waals surface area contributed by atoms with Gasteiger partial charge in [0.1, 0.15) is 0 Å². The van der Waals surface area contributed by atoms with Gasteiger partial charge in [-0.05, 0) is 41.7 Å². The van der Waals surface area contributed by atoms with Crippen LogP contribution in [0.1, 0.15) is 24.8 Å². The van der Waals surface area contributed by atoms with Crippen molar-refractivity contribution in [2.45, 2.75) is 31.8 Å². The number of aryl methyl sites for hydroxylation is 1. The van der Waals surface area contributed by atoms with E-state index in [0.717, 1.165) is 45.8 Å². The molecule has 0 aliphatic carbocycles. The first-order chi connectivity index (χ1) is 10.3. The van der Waals surface area contributed by atoms with Crippen molar-refractivity contribution in [3.8, 4) is 0 Å². The maximum Gasteiger partial charge on any atom is 0.222 e. The fourth-order valence-electron chi connectivity index (χ4n) is 3.10. The quantitative estimate of drug-likeness (QED) is 0.834. The third kappa shape index (κ3) is 4.28. The third-order valence-electron chi connectivity index (χ3n) is 4.42. The molecule has 2 saturated heterocycles. The Morgan fingerprint density at radius 2 is 2.19 bits per heavy atom. The second kappa shape index (κ2) is 7.38. The fraction of sp³-hybridized carbons (Fsp3) is 0.688. The van der Waals surface area contributed by atoms with Gasteiger partial charge < -0.3 is 9.64 Å². The molecule has 0 saturated carbocycles. The van der Waals surface area contributed by atoms with Gasteiger partial charge in [-0.1, -0.05) is 0 Å². The molecule has 1 amide bonds. The second-order valence-electron chi connectivity index (χ2n) is 5.95. The van der Waals surface area contributed by atoms with Gasteiger partial charge in [0.15, 0.2) is 0 Å². The smallest absolute Gasteiger partial charge is 0.222 e. The van der Waals surface area contributed by atoms with Crippen molar-refractivity contribution in [1.29, 1.82) is 0 Å². The Kier molecular flexibility index (Phi) is 5.27. The highest BCUT2D eigenvalue weighted by atomic mass is 32.1. The molecule has 116 valence electrons. The third-order valence-corrected chi connectivity index (χ3v) is 5.15. The normalized spacial score (nSPS) is 23.6. The van der Waals surface area contributed by atoms with Crippen LogP contribution in [0.4, 0.5) is 0 Å². The van der Waals surface area contributed by atoms with E-state index in [1.165, 1.54) is 18.4 Å². The first-order valence-electron chi connectivity index (χ1n) is 7.94. The maximum atomic E-state index is 12.2. The predicted octanol–water partition coefficient (Wildman–Crippen LogP) is 2.00. The van der Waals surface area contributed by atoms with Crippen molar-refractivity contribution in [3.05, 3.63) is 22.4 Å². The van der Waals surface area contributed by atoms with Gasteiger partial charge in [0.05, 0.1) is 6.10 Å². The van der Waals surface area contributed by atoms with E-state index in [0.29, 0.717) is 18.4 Å². The Morgan fingerprint density at radius 1 is 1.33 bits per heavy atom. The molecule has 5 heteroatoms. The average molecular weight is 308 g/mol. The van der Waals surface area contributed by atoms with Crippen LogP contribution in [0.3, 0.4) is 0 Å². The highest BCUT2D eigenvalue weighted by Crippen LogP contribution is 2.15.